The minimum atomic E-state index is 0.463. The Kier molecular flexibility index (Phi) is 4.69. The van der Waals surface area contributed by atoms with Crippen LogP contribution in [0.5, 0.6) is 5.88 Å². The van der Waals surface area contributed by atoms with E-state index in [0.29, 0.717) is 12.5 Å². The highest BCUT2D eigenvalue weighted by Crippen LogP contribution is 2.30. The summed E-state index contributed by atoms with van der Waals surface area (Å²) in [5.41, 5.74) is 6.22. The summed E-state index contributed by atoms with van der Waals surface area (Å²) >= 11 is 0. The molecule has 3 heterocycles. The molecule has 5 heteroatoms. The second kappa shape index (κ2) is 7.79. The molecular formula is C25H20N4O. The second-order valence-electron chi connectivity index (χ2n) is 7.13. The van der Waals surface area contributed by atoms with Crippen molar-refractivity contribution in [1.82, 2.24) is 19.7 Å². The van der Waals surface area contributed by atoms with Crippen molar-refractivity contribution in [2.24, 2.45) is 7.05 Å². The van der Waals surface area contributed by atoms with Gasteiger partial charge in [-0.15, -0.1) is 0 Å². The van der Waals surface area contributed by atoms with Crippen LogP contribution in [0.2, 0.25) is 0 Å². The van der Waals surface area contributed by atoms with Crippen LogP contribution in [0.1, 0.15) is 5.56 Å². The molecule has 5 aromatic rings. The molecule has 0 aliphatic carbocycles. The average Bonchev–Trinajstić information content (AvgIpc) is 3.20. The molecule has 0 saturated carbocycles. The molecule has 30 heavy (non-hydrogen) atoms. The highest BCUT2D eigenvalue weighted by atomic mass is 16.5. The van der Waals surface area contributed by atoms with Crippen LogP contribution in [-0.4, -0.2) is 19.7 Å². The fourth-order valence-electron chi connectivity index (χ4n) is 3.49. The van der Waals surface area contributed by atoms with Crippen molar-refractivity contribution in [3.05, 3.63) is 97.0 Å². The summed E-state index contributed by atoms with van der Waals surface area (Å²) in [4.78, 5) is 8.67. The van der Waals surface area contributed by atoms with Crippen LogP contribution in [-0.2, 0) is 13.7 Å². The first-order valence-corrected chi connectivity index (χ1v) is 9.78. The van der Waals surface area contributed by atoms with Gasteiger partial charge >= 0.3 is 0 Å². The van der Waals surface area contributed by atoms with E-state index < -0.39 is 0 Å². The summed E-state index contributed by atoms with van der Waals surface area (Å²) in [6.45, 7) is 0.463. The van der Waals surface area contributed by atoms with Crippen LogP contribution >= 0.6 is 0 Å². The van der Waals surface area contributed by atoms with Crippen LogP contribution in [0.4, 0.5) is 0 Å². The highest BCUT2D eigenvalue weighted by Gasteiger charge is 2.12. The minimum absolute atomic E-state index is 0.463. The summed E-state index contributed by atoms with van der Waals surface area (Å²) in [6.07, 6.45) is 5.63. The minimum Gasteiger partial charge on any atom is -0.473 e. The van der Waals surface area contributed by atoms with Gasteiger partial charge in [0.2, 0.25) is 5.88 Å². The van der Waals surface area contributed by atoms with Gasteiger partial charge in [0.15, 0.2) is 0 Å². The Morgan fingerprint density at radius 2 is 1.63 bits per heavy atom. The lowest BCUT2D eigenvalue weighted by molar-refractivity contribution is 0.295. The third-order valence-corrected chi connectivity index (χ3v) is 5.01. The van der Waals surface area contributed by atoms with E-state index in [2.05, 4.69) is 39.3 Å². The quantitative estimate of drug-likeness (QED) is 0.408. The van der Waals surface area contributed by atoms with Crippen molar-refractivity contribution >= 4 is 10.9 Å². The van der Waals surface area contributed by atoms with Gasteiger partial charge in [0.1, 0.15) is 12.3 Å². The van der Waals surface area contributed by atoms with E-state index in [0.717, 1.165) is 38.9 Å². The Hall–Kier alpha value is -3.99. The molecule has 0 fully saturated rings. The number of rotatable bonds is 5. The molecule has 0 radical (unpaired) electrons. The van der Waals surface area contributed by atoms with Crippen LogP contribution in [0.15, 0.2) is 91.4 Å². The molecular weight excluding hydrogens is 372 g/mol. The molecule has 146 valence electrons. The van der Waals surface area contributed by atoms with Gasteiger partial charge in [-0.25, -0.2) is 4.98 Å². The molecule has 0 atom stereocenters. The maximum atomic E-state index is 5.91. The number of aryl methyl sites for hydroxylation is 1. The fourth-order valence-corrected chi connectivity index (χ4v) is 3.49. The van der Waals surface area contributed by atoms with Crippen molar-refractivity contribution in [2.45, 2.75) is 6.61 Å². The predicted octanol–water partition coefficient (Wildman–Crippen LogP) is 5.28. The van der Waals surface area contributed by atoms with E-state index >= 15 is 0 Å². The summed E-state index contributed by atoms with van der Waals surface area (Å²) in [5, 5.41) is 5.77. The normalized spacial score (nSPS) is 11.0. The number of fused-ring (bicyclic) bond motifs is 1. The molecule has 3 aromatic heterocycles. The first kappa shape index (κ1) is 18.1. The predicted molar refractivity (Wildman–Crippen MR) is 118 cm³/mol. The molecule has 0 spiro atoms. The lowest BCUT2D eigenvalue weighted by atomic mass is 10.0. The molecule has 5 nitrogen and oxygen atoms in total. The van der Waals surface area contributed by atoms with E-state index in [1.165, 1.54) is 0 Å². The molecule has 0 aliphatic rings. The standard InChI is InChI=1S/C25H20N4O/c1-29-16-22(19-12-14-26-15-13-19)25(28-29)21-8-6-18(7-9-21)17-30-24-11-10-20-4-2-3-5-23(20)27-24/h2-16H,17H2,1H3. The lowest BCUT2D eigenvalue weighted by Gasteiger charge is -2.08. The molecule has 0 unspecified atom stereocenters. The topological polar surface area (TPSA) is 52.8 Å². The summed E-state index contributed by atoms with van der Waals surface area (Å²) in [6, 6.07) is 24.3. The summed E-state index contributed by atoms with van der Waals surface area (Å²) < 4.78 is 7.75. The third-order valence-electron chi connectivity index (χ3n) is 5.01. The van der Waals surface area contributed by atoms with Crippen molar-refractivity contribution in [3.63, 3.8) is 0 Å². The number of hydrogen-bond donors (Lipinski definition) is 0. The molecule has 0 bridgehead atoms. The SMILES string of the molecule is Cn1cc(-c2ccncc2)c(-c2ccc(COc3ccc4ccccc4n3)cc2)n1. The Labute approximate surface area is 174 Å². The zero-order valence-electron chi connectivity index (χ0n) is 16.6. The van der Waals surface area contributed by atoms with Gasteiger partial charge in [-0.1, -0.05) is 42.5 Å². The van der Waals surface area contributed by atoms with Crippen molar-refractivity contribution in [3.8, 4) is 28.3 Å². The van der Waals surface area contributed by atoms with Gasteiger partial charge in [0.05, 0.1) is 5.52 Å². The van der Waals surface area contributed by atoms with Gasteiger partial charge in [0.25, 0.3) is 0 Å². The van der Waals surface area contributed by atoms with Crippen LogP contribution in [0.25, 0.3) is 33.3 Å². The number of hydrogen-bond acceptors (Lipinski definition) is 4. The van der Waals surface area contributed by atoms with Crippen molar-refractivity contribution < 1.29 is 4.74 Å². The number of nitrogens with zero attached hydrogens (tertiary/aromatic N) is 4. The Balaban J connectivity index is 1.35. The monoisotopic (exact) mass is 392 g/mol. The van der Waals surface area contributed by atoms with E-state index in [4.69, 9.17) is 4.74 Å². The largest absolute Gasteiger partial charge is 0.473 e. The molecule has 0 saturated heterocycles. The maximum absolute atomic E-state index is 5.91. The Morgan fingerprint density at radius 1 is 0.833 bits per heavy atom. The lowest BCUT2D eigenvalue weighted by Crippen LogP contribution is -1.97. The zero-order valence-corrected chi connectivity index (χ0v) is 16.6. The van der Waals surface area contributed by atoms with Gasteiger partial charge in [-0.2, -0.15) is 5.10 Å². The van der Waals surface area contributed by atoms with E-state index in [1.54, 1.807) is 12.4 Å². The number of ether oxygens (including phenoxy) is 1. The number of pyridine rings is 2. The molecule has 5 rings (SSSR count). The maximum Gasteiger partial charge on any atom is 0.214 e. The van der Waals surface area contributed by atoms with E-state index in [1.807, 2.05) is 66.5 Å². The number of benzene rings is 2. The van der Waals surface area contributed by atoms with Crippen LogP contribution < -0.4 is 4.74 Å². The van der Waals surface area contributed by atoms with Gasteiger partial charge in [-0.3, -0.25) is 9.67 Å². The van der Waals surface area contributed by atoms with Crippen LogP contribution in [0.3, 0.4) is 0 Å². The summed E-state index contributed by atoms with van der Waals surface area (Å²) in [7, 11) is 1.94. The molecule has 0 amide bonds. The number of para-hydroxylation sites is 1. The first-order chi connectivity index (χ1) is 14.8. The number of aromatic nitrogens is 4. The summed E-state index contributed by atoms with van der Waals surface area (Å²) in [5.74, 6) is 0.627. The van der Waals surface area contributed by atoms with Crippen LogP contribution in [0, 0.1) is 0 Å². The highest BCUT2D eigenvalue weighted by molar-refractivity contribution is 5.80. The van der Waals surface area contributed by atoms with Gasteiger partial charge in [0, 0.05) is 48.2 Å². The Bertz CT molecular complexity index is 1290. The Morgan fingerprint density at radius 3 is 2.47 bits per heavy atom. The van der Waals surface area contributed by atoms with Gasteiger partial charge in [-0.05, 0) is 35.4 Å². The molecule has 2 aromatic carbocycles. The molecule has 0 N–H and O–H groups in total. The van der Waals surface area contributed by atoms with Gasteiger partial charge < -0.3 is 4.74 Å². The van der Waals surface area contributed by atoms with Crippen molar-refractivity contribution in [2.75, 3.05) is 0 Å². The second-order valence-corrected chi connectivity index (χ2v) is 7.13. The van der Waals surface area contributed by atoms with E-state index in [-0.39, 0.29) is 0 Å². The zero-order chi connectivity index (χ0) is 20.3. The first-order valence-electron chi connectivity index (χ1n) is 9.78. The third kappa shape index (κ3) is 3.65. The smallest absolute Gasteiger partial charge is 0.214 e. The average molecular weight is 392 g/mol. The van der Waals surface area contributed by atoms with E-state index in [9.17, 15) is 0 Å². The molecule has 0 aliphatic heterocycles. The fraction of sp³-hybridized carbons (Fsp3) is 0.0800. The van der Waals surface area contributed by atoms with Crippen molar-refractivity contribution in [1.29, 1.82) is 0 Å².